The summed E-state index contributed by atoms with van der Waals surface area (Å²) in [5, 5.41) is 11.1. The molecule has 2 nitrogen and oxygen atoms in total. The second-order valence-corrected chi connectivity index (χ2v) is 7.23. The molecule has 0 aliphatic heterocycles. The van der Waals surface area contributed by atoms with Gasteiger partial charge in [-0.15, -0.1) is 0 Å². The lowest BCUT2D eigenvalue weighted by Gasteiger charge is -2.17. The molecule has 3 rings (SSSR count). The molecule has 0 aliphatic carbocycles. The van der Waals surface area contributed by atoms with E-state index in [9.17, 15) is 13.0 Å². The van der Waals surface area contributed by atoms with Gasteiger partial charge in [0.15, 0.2) is 0 Å². The Hall–Kier alpha value is -2.27. The van der Waals surface area contributed by atoms with Crippen molar-refractivity contribution in [2.24, 2.45) is 0 Å². The molecule has 0 heterocycles. The predicted octanol–water partition coefficient (Wildman–Crippen LogP) is 3.67. The lowest BCUT2D eigenvalue weighted by atomic mass is 10.0. The van der Waals surface area contributed by atoms with Crippen LogP contribution in [0.15, 0.2) is 54.6 Å². The number of hydrogen-bond donors (Lipinski definition) is 1. The van der Waals surface area contributed by atoms with Crippen LogP contribution in [0.2, 0.25) is 6.04 Å². The minimum atomic E-state index is -5.07. The van der Waals surface area contributed by atoms with Crippen LogP contribution >= 0.6 is 0 Å². The van der Waals surface area contributed by atoms with Crippen LogP contribution in [-0.2, 0) is 4.79 Å². The standard InChI is InChI=1S/C16H12F2O2Si/c17-21(18,10-15(19)20)16-13-7-3-1-5-11(13)9-12-6-2-4-8-14(12)16/h1-9H,10H2,(H,19,20). The van der Waals surface area contributed by atoms with Crippen molar-refractivity contribution in [1.29, 1.82) is 0 Å². The van der Waals surface area contributed by atoms with Gasteiger partial charge in [0.2, 0.25) is 0 Å². The van der Waals surface area contributed by atoms with E-state index in [1.165, 1.54) is 0 Å². The third-order valence-electron chi connectivity index (χ3n) is 3.51. The Morgan fingerprint density at radius 3 is 1.90 bits per heavy atom. The van der Waals surface area contributed by atoms with Crippen molar-refractivity contribution in [1.82, 2.24) is 0 Å². The Balaban J connectivity index is 2.43. The van der Waals surface area contributed by atoms with Crippen LogP contribution in [0.3, 0.4) is 0 Å². The zero-order valence-electron chi connectivity index (χ0n) is 11.0. The van der Waals surface area contributed by atoms with E-state index in [1.54, 1.807) is 48.5 Å². The van der Waals surface area contributed by atoms with Crippen molar-refractivity contribution in [2.75, 3.05) is 0 Å². The highest BCUT2D eigenvalue weighted by atomic mass is 28.4. The SMILES string of the molecule is O=C(O)C[Si](F)(F)c1c2ccccc2cc2ccccc12. The average molecular weight is 302 g/mol. The van der Waals surface area contributed by atoms with Gasteiger partial charge in [0.25, 0.3) is 0 Å². The largest absolute Gasteiger partial charge is 0.481 e. The van der Waals surface area contributed by atoms with Gasteiger partial charge in [0.1, 0.15) is 6.04 Å². The Morgan fingerprint density at radius 2 is 1.43 bits per heavy atom. The first-order valence-corrected chi connectivity index (χ1v) is 8.46. The first-order valence-electron chi connectivity index (χ1n) is 6.49. The van der Waals surface area contributed by atoms with E-state index < -0.39 is 20.8 Å². The van der Waals surface area contributed by atoms with E-state index >= 15 is 0 Å². The maximum atomic E-state index is 14.6. The predicted molar refractivity (Wildman–Crippen MR) is 81.5 cm³/mol. The Labute approximate surface area is 121 Å². The van der Waals surface area contributed by atoms with Gasteiger partial charge in [0, 0.05) is 5.19 Å². The number of aliphatic carboxylic acids is 1. The third-order valence-corrected chi connectivity index (χ3v) is 5.53. The molecule has 0 amide bonds. The Morgan fingerprint density at radius 1 is 0.952 bits per heavy atom. The zero-order valence-corrected chi connectivity index (χ0v) is 12.0. The van der Waals surface area contributed by atoms with Gasteiger partial charge < -0.3 is 5.11 Å². The summed E-state index contributed by atoms with van der Waals surface area (Å²) in [6.45, 7) is 0. The van der Waals surface area contributed by atoms with E-state index in [2.05, 4.69) is 0 Å². The van der Waals surface area contributed by atoms with Crippen LogP contribution in [-0.4, -0.2) is 19.8 Å². The van der Waals surface area contributed by atoms with Crippen molar-refractivity contribution < 1.29 is 18.1 Å². The zero-order chi connectivity index (χ0) is 15.0. The highest BCUT2D eigenvalue weighted by Gasteiger charge is 2.43. The van der Waals surface area contributed by atoms with Crippen molar-refractivity contribution in [2.45, 2.75) is 6.04 Å². The maximum absolute atomic E-state index is 14.6. The smallest absolute Gasteiger partial charge is 0.467 e. The Bertz CT molecular complexity index is 792. The molecule has 0 aliphatic rings. The first kappa shape index (κ1) is 13.7. The fraction of sp³-hybridized carbons (Fsp3) is 0.0625. The Kier molecular flexibility index (Phi) is 3.21. The van der Waals surface area contributed by atoms with E-state index in [4.69, 9.17) is 5.11 Å². The van der Waals surface area contributed by atoms with E-state index in [-0.39, 0.29) is 5.19 Å². The molecule has 0 fully saturated rings. The number of hydrogen-bond acceptors (Lipinski definition) is 1. The van der Waals surface area contributed by atoms with Crippen LogP contribution in [0.25, 0.3) is 21.5 Å². The van der Waals surface area contributed by atoms with Crippen LogP contribution in [0.5, 0.6) is 0 Å². The second-order valence-electron chi connectivity index (χ2n) is 4.97. The van der Waals surface area contributed by atoms with Crippen molar-refractivity contribution in [3.05, 3.63) is 54.6 Å². The highest BCUT2D eigenvalue weighted by molar-refractivity contribution is 6.86. The van der Waals surface area contributed by atoms with Gasteiger partial charge in [-0.1, -0.05) is 48.5 Å². The van der Waals surface area contributed by atoms with E-state index in [0.29, 0.717) is 21.5 Å². The van der Waals surface area contributed by atoms with Crippen LogP contribution in [0.1, 0.15) is 0 Å². The molecule has 1 N–H and O–H groups in total. The summed E-state index contributed by atoms with van der Waals surface area (Å²) in [6, 6.07) is 14.6. The molecular formula is C16H12F2O2Si. The summed E-state index contributed by atoms with van der Waals surface area (Å²) in [7, 11) is -5.07. The van der Waals surface area contributed by atoms with Gasteiger partial charge in [-0.3, -0.25) is 13.0 Å². The summed E-state index contributed by atoms with van der Waals surface area (Å²) in [5.74, 6) is -1.45. The number of carboxylic acid groups (broad SMARTS) is 1. The summed E-state index contributed by atoms with van der Waals surface area (Å²) in [4.78, 5) is 10.8. The average Bonchev–Trinajstić information content (AvgIpc) is 2.43. The molecule has 0 atom stereocenters. The van der Waals surface area contributed by atoms with Crippen LogP contribution in [0.4, 0.5) is 8.22 Å². The molecule has 0 saturated heterocycles. The van der Waals surface area contributed by atoms with Gasteiger partial charge >= 0.3 is 14.7 Å². The molecule has 0 radical (unpaired) electrons. The molecule has 21 heavy (non-hydrogen) atoms. The summed E-state index contributed by atoms with van der Waals surface area (Å²) < 4.78 is 29.2. The molecule has 106 valence electrons. The lowest BCUT2D eigenvalue weighted by Crippen LogP contribution is -2.42. The van der Waals surface area contributed by atoms with Crippen LogP contribution < -0.4 is 5.19 Å². The number of carboxylic acids is 1. The number of halogens is 2. The van der Waals surface area contributed by atoms with Gasteiger partial charge in [-0.2, -0.15) is 0 Å². The number of benzene rings is 3. The topological polar surface area (TPSA) is 37.3 Å². The van der Waals surface area contributed by atoms with Crippen molar-refractivity contribution in [3.8, 4) is 0 Å². The van der Waals surface area contributed by atoms with E-state index in [1.807, 2.05) is 6.07 Å². The fourth-order valence-corrected chi connectivity index (χ4v) is 4.49. The quantitative estimate of drug-likeness (QED) is 0.455. The minimum absolute atomic E-state index is 0.0707. The van der Waals surface area contributed by atoms with Crippen molar-refractivity contribution >= 4 is 41.4 Å². The van der Waals surface area contributed by atoms with Gasteiger partial charge in [-0.05, 0) is 27.6 Å². The molecule has 0 bridgehead atoms. The minimum Gasteiger partial charge on any atom is -0.481 e. The first-order chi connectivity index (χ1) is 9.99. The third kappa shape index (κ3) is 2.40. The monoisotopic (exact) mass is 302 g/mol. The normalized spacial score (nSPS) is 11.9. The summed E-state index contributed by atoms with van der Waals surface area (Å²) in [5.41, 5.74) is 0. The molecular weight excluding hydrogens is 290 g/mol. The summed E-state index contributed by atoms with van der Waals surface area (Å²) >= 11 is 0. The number of rotatable bonds is 3. The highest BCUT2D eigenvalue weighted by Crippen LogP contribution is 2.27. The van der Waals surface area contributed by atoms with Crippen LogP contribution in [0, 0.1) is 0 Å². The number of carbonyl (C=O) groups is 1. The molecule has 3 aromatic rings. The summed E-state index contributed by atoms with van der Waals surface area (Å²) in [6.07, 6.45) is 0. The van der Waals surface area contributed by atoms with Gasteiger partial charge in [-0.25, -0.2) is 0 Å². The lowest BCUT2D eigenvalue weighted by molar-refractivity contribution is -0.134. The molecule has 0 unspecified atom stereocenters. The van der Waals surface area contributed by atoms with Gasteiger partial charge in [0.05, 0.1) is 0 Å². The molecule has 0 saturated carbocycles. The molecule has 3 aromatic carbocycles. The van der Waals surface area contributed by atoms with Crippen molar-refractivity contribution in [3.63, 3.8) is 0 Å². The molecule has 5 heteroatoms. The van der Waals surface area contributed by atoms with E-state index in [0.717, 1.165) is 0 Å². The maximum Gasteiger partial charge on any atom is 0.467 e. The molecule has 0 aromatic heterocycles. The number of fused-ring (bicyclic) bond motifs is 2. The second kappa shape index (κ2) is 4.93. The fourth-order valence-electron chi connectivity index (χ4n) is 2.69. The molecule has 0 spiro atoms.